The van der Waals surface area contributed by atoms with Crippen LogP contribution in [-0.2, 0) is 6.42 Å². The summed E-state index contributed by atoms with van der Waals surface area (Å²) >= 11 is 0. The minimum absolute atomic E-state index is 0.353. The highest BCUT2D eigenvalue weighted by atomic mass is 16.5. The average Bonchev–Trinajstić information content (AvgIpc) is 2.46. The molecule has 1 aromatic heterocycles. The number of para-hydroxylation sites is 1. The number of aromatic nitrogens is 1. The summed E-state index contributed by atoms with van der Waals surface area (Å²) in [5.74, 6) is 0.877. The number of aliphatic hydroxyl groups is 1. The summed E-state index contributed by atoms with van der Waals surface area (Å²) in [6.45, 7) is 0.628. The summed E-state index contributed by atoms with van der Waals surface area (Å²) in [5.41, 5.74) is 0.930. The molecule has 19 heavy (non-hydrogen) atoms. The monoisotopic (exact) mass is 257 g/mol. The van der Waals surface area contributed by atoms with E-state index >= 15 is 0 Å². The van der Waals surface area contributed by atoms with Crippen molar-refractivity contribution in [2.24, 2.45) is 0 Å². The first-order valence-corrected chi connectivity index (χ1v) is 6.60. The van der Waals surface area contributed by atoms with Gasteiger partial charge in [-0.1, -0.05) is 24.3 Å². The Hall–Kier alpha value is -1.87. The van der Waals surface area contributed by atoms with E-state index in [9.17, 15) is 5.11 Å². The van der Waals surface area contributed by atoms with Gasteiger partial charge in [0, 0.05) is 18.3 Å². The van der Waals surface area contributed by atoms with E-state index < -0.39 is 0 Å². The second-order valence-electron chi connectivity index (χ2n) is 4.48. The summed E-state index contributed by atoms with van der Waals surface area (Å²) < 4.78 is 5.58. The molecule has 100 valence electrons. The van der Waals surface area contributed by atoms with Gasteiger partial charge in [0.1, 0.15) is 5.75 Å². The number of hydrogen-bond acceptors (Lipinski definition) is 3. The molecule has 0 fully saturated rings. The van der Waals surface area contributed by atoms with E-state index in [1.165, 1.54) is 0 Å². The Bertz CT molecular complexity index is 459. The van der Waals surface area contributed by atoms with Crippen molar-refractivity contribution in [3.63, 3.8) is 0 Å². The summed E-state index contributed by atoms with van der Waals surface area (Å²) in [6, 6.07) is 15.5. The maximum absolute atomic E-state index is 9.90. The van der Waals surface area contributed by atoms with E-state index in [0.29, 0.717) is 13.0 Å². The van der Waals surface area contributed by atoms with Crippen molar-refractivity contribution in [1.29, 1.82) is 0 Å². The van der Waals surface area contributed by atoms with E-state index in [1.807, 2.05) is 48.5 Å². The van der Waals surface area contributed by atoms with Crippen LogP contribution in [0, 0.1) is 0 Å². The quantitative estimate of drug-likeness (QED) is 0.776. The SMILES string of the molecule is OC(CCCOc1ccccc1)Cc1ccccn1. The van der Waals surface area contributed by atoms with Crippen LogP contribution in [0.5, 0.6) is 5.75 Å². The van der Waals surface area contributed by atoms with E-state index in [0.717, 1.165) is 24.3 Å². The molecular formula is C16H19NO2. The number of nitrogens with zero attached hydrogens (tertiary/aromatic N) is 1. The van der Waals surface area contributed by atoms with Gasteiger partial charge in [-0.3, -0.25) is 4.98 Å². The predicted octanol–water partition coefficient (Wildman–Crippen LogP) is 2.84. The maximum Gasteiger partial charge on any atom is 0.119 e. The molecule has 0 bridgehead atoms. The van der Waals surface area contributed by atoms with Gasteiger partial charge in [0.15, 0.2) is 0 Å². The molecule has 1 unspecified atom stereocenters. The average molecular weight is 257 g/mol. The van der Waals surface area contributed by atoms with Crippen LogP contribution < -0.4 is 4.74 Å². The Morgan fingerprint density at radius 1 is 1.05 bits per heavy atom. The number of benzene rings is 1. The minimum atomic E-state index is -0.353. The Balaban J connectivity index is 1.63. The highest BCUT2D eigenvalue weighted by Gasteiger charge is 2.06. The summed E-state index contributed by atoms with van der Waals surface area (Å²) in [7, 11) is 0. The molecule has 3 heteroatoms. The topological polar surface area (TPSA) is 42.4 Å². The van der Waals surface area contributed by atoms with Crippen molar-refractivity contribution < 1.29 is 9.84 Å². The summed E-state index contributed by atoms with van der Waals surface area (Å²) in [5, 5.41) is 9.90. The molecule has 0 spiro atoms. The predicted molar refractivity (Wildman–Crippen MR) is 75.1 cm³/mol. The Kier molecular flexibility index (Phi) is 5.38. The Morgan fingerprint density at radius 2 is 1.84 bits per heavy atom. The zero-order valence-electron chi connectivity index (χ0n) is 10.9. The van der Waals surface area contributed by atoms with Gasteiger partial charge in [0.05, 0.1) is 12.7 Å². The van der Waals surface area contributed by atoms with Crippen molar-refractivity contribution in [3.8, 4) is 5.75 Å². The zero-order valence-corrected chi connectivity index (χ0v) is 10.9. The van der Waals surface area contributed by atoms with E-state index in [1.54, 1.807) is 6.20 Å². The highest BCUT2D eigenvalue weighted by molar-refractivity contribution is 5.20. The second kappa shape index (κ2) is 7.54. The van der Waals surface area contributed by atoms with Gasteiger partial charge < -0.3 is 9.84 Å². The van der Waals surface area contributed by atoms with Crippen LogP contribution in [-0.4, -0.2) is 22.8 Å². The normalized spacial score (nSPS) is 12.1. The number of pyridine rings is 1. The fourth-order valence-electron chi connectivity index (χ4n) is 1.89. The van der Waals surface area contributed by atoms with E-state index in [2.05, 4.69) is 4.98 Å². The lowest BCUT2D eigenvalue weighted by molar-refractivity contribution is 0.152. The van der Waals surface area contributed by atoms with E-state index in [-0.39, 0.29) is 6.10 Å². The number of rotatable bonds is 7. The molecule has 0 amide bonds. The molecule has 3 nitrogen and oxygen atoms in total. The van der Waals surface area contributed by atoms with Crippen molar-refractivity contribution in [2.75, 3.05) is 6.61 Å². The third-order valence-corrected chi connectivity index (χ3v) is 2.86. The van der Waals surface area contributed by atoms with Gasteiger partial charge in [0.2, 0.25) is 0 Å². The lowest BCUT2D eigenvalue weighted by Crippen LogP contribution is -2.13. The molecule has 1 heterocycles. The van der Waals surface area contributed by atoms with Gasteiger partial charge in [-0.15, -0.1) is 0 Å². The van der Waals surface area contributed by atoms with Gasteiger partial charge >= 0.3 is 0 Å². The van der Waals surface area contributed by atoms with Crippen LogP contribution in [0.15, 0.2) is 54.7 Å². The fraction of sp³-hybridized carbons (Fsp3) is 0.312. The fourth-order valence-corrected chi connectivity index (χ4v) is 1.89. The van der Waals surface area contributed by atoms with Crippen molar-refractivity contribution in [1.82, 2.24) is 4.98 Å². The van der Waals surface area contributed by atoms with Crippen LogP contribution in [0.25, 0.3) is 0 Å². The Labute approximate surface area is 113 Å². The molecule has 0 aliphatic heterocycles. The first-order chi connectivity index (χ1) is 9.34. The molecule has 2 aromatic rings. The van der Waals surface area contributed by atoms with Crippen molar-refractivity contribution >= 4 is 0 Å². The molecule has 0 aliphatic rings. The van der Waals surface area contributed by atoms with Gasteiger partial charge in [0.25, 0.3) is 0 Å². The van der Waals surface area contributed by atoms with E-state index in [4.69, 9.17) is 4.74 Å². The molecule has 0 radical (unpaired) electrons. The summed E-state index contributed by atoms with van der Waals surface area (Å²) in [6.07, 6.45) is 3.56. The number of ether oxygens (including phenoxy) is 1. The largest absolute Gasteiger partial charge is 0.494 e. The van der Waals surface area contributed by atoms with Gasteiger partial charge in [-0.25, -0.2) is 0 Å². The minimum Gasteiger partial charge on any atom is -0.494 e. The molecule has 0 saturated carbocycles. The Morgan fingerprint density at radius 3 is 2.58 bits per heavy atom. The third kappa shape index (κ3) is 5.10. The van der Waals surface area contributed by atoms with Crippen LogP contribution in [0.1, 0.15) is 18.5 Å². The van der Waals surface area contributed by atoms with Crippen molar-refractivity contribution in [2.45, 2.75) is 25.4 Å². The lowest BCUT2D eigenvalue weighted by atomic mass is 10.1. The highest BCUT2D eigenvalue weighted by Crippen LogP contribution is 2.10. The lowest BCUT2D eigenvalue weighted by Gasteiger charge is -2.10. The molecule has 0 aliphatic carbocycles. The molecular weight excluding hydrogens is 238 g/mol. The van der Waals surface area contributed by atoms with Crippen LogP contribution in [0.4, 0.5) is 0 Å². The molecule has 1 aromatic carbocycles. The zero-order chi connectivity index (χ0) is 13.3. The molecule has 1 N–H and O–H groups in total. The first-order valence-electron chi connectivity index (χ1n) is 6.60. The maximum atomic E-state index is 9.90. The number of aliphatic hydroxyl groups excluding tert-OH is 1. The summed E-state index contributed by atoms with van der Waals surface area (Å²) in [4.78, 5) is 4.20. The van der Waals surface area contributed by atoms with Crippen LogP contribution in [0.3, 0.4) is 0 Å². The third-order valence-electron chi connectivity index (χ3n) is 2.86. The van der Waals surface area contributed by atoms with Gasteiger partial charge in [-0.2, -0.15) is 0 Å². The van der Waals surface area contributed by atoms with Gasteiger partial charge in [-0.05, 0) is 37.1 Å². The van der Waals surface area contributed by atoms with Crippen LogP contribution >= 0.6 is 0 Å². The molecule has 2 rings (SSSR count). The molecule has 0 saturated heterocycles. The standard InChI is InChI=1S/C16H19NO2/c18-15(13-14-7-4-5-11-17-14)8-6-12-19-16-9-2-1-3-10-16/h1-5,7,9-11,15,18H,6,8,12-13H2. The van der Waals surface area contributed by atoms with Crippen LogP contribution in [0.2, 0.25) is 0 Å². The first kappa shape index (κ1) is 13.6. The van der Waals surface area contributed by atoms with Crippen molar-refractivity contribution in [3.05, 3.63) is 60.4 Å². The number of hydrogen-bond donors (Lipinski definition) is 1. The molecule has 1 atom stereocenters. The smallest absolute Gasteiger partial charge is 0.119 e. The second-order valence-corrected chi connectivity index (χ2v) is 4.48.